The lowest BCUT2D eigenvalue weighted by Gasteiger charge is -2.33. The normalized spacial score (nSPS) is 17.2. The van der Waals surface area contributed by atoms with Crippen molar-refractivity contribution in [3.63, 3.8) is 0 Å². The van der Waals surface area contributed by atoms with Gasteiger partial charge >= 0.3 is 0 Å². The Morgan fingerprint density at radius 1 is 1.29 bits per heavy atom. The fraction of sp³-hybridized carbons (Fsp3) is 0.571. The van der Waals surface area contributed by atoms with E-state index < -0.39 is 0 Å². The van der Waals surface area contributed by atoms with Gasteiger partial charge in [0.25, 0.3) is 0 Å². The van der Waals surface area contributed by atoms with Crippen LogP contribution in [0, 0.1) is 0 Å². The summed E-state index contributed by atoms with van der Waals surface area (Å²) >= 11 is 0. The lowest BCUT2D eigenvalue weighted by atomic mass is 10.1. The van der Waals surface area contributed by atoms with Crippen molar-refractivity contribution in [2.75, 3.05) is 24.6 Å². The Hall–Kier alpha value is -1.22. The molecule has 2 rings (SSSR count). The summed E-state index contributed by atoms with van der Waals surface area (Å²) in [6.07, 6.45) is 3.18. The Kier molecular flexibility index (Phi) is 4.26. The summed E-state index contributed by atoms with van der Waals surface area (Å²) in [5.74, 6) is 1.00. The van der Waals surface area contributed by atoms with Crippen molar-refractivity contribution >= 4 is 5.69 Å². The quantitative estimate of drug-likeness (QED) is 0.869. The molecular weight excluding hydrogens is 212 g/mol. The average molecular weight is 234 g/mol. The monoisotopic (exact) mass is 234 g/mol. The third-order valence-electron chi connectivity index (χ3n) is 3.21. The van der Waals surface area contributed by atoms with E-state index in [1.807, 2.05) is 6.07 Å². The summed E-state index contributed by atoms with van der Waals surface area (Å²) in [4.78, 5) is 2.38. The molecule has 0 saturated carbocycles. The third kappa shape index (κ3) is 3.13. The number of nitrogens with zero attached hydrogens (tertiary/aromatic N) is 1. The van der Waals surface area contributed by atoms with Gasteiger partial charge in [-0.1, -0.05) is 19.1 Å². The molecule has 0 aliphatic carbocycles. The van der Waals surface area contributed by atoms with E-state index in [0.29, 0.717) is 6.04 Å². The molecule has 2 N–H and O–H groups in total. The van der Waals surface area contributed by atoms with Gasteiger partial charge in [0.2, 0.25) is 0 Å². The molecular formula is C14H22N2O. The molecule has 3 nitrogen and oxygen atoms in total. The summed E-state index contributed by atoms with van der Waals surface area (Å²) in [6.45, 7) is 4.98. The zero-order valence-corrected chi connectivity index (χ0v) is 10.6. The van der Waals surface area contributed by atoms with Crippen molar-refractivity contribution in [1.82, 2.24) is 0 Å². The van der Waals surface area contributed by atoms with Crippen LogP contribution in [0.4, 0.5) is 5.69 Å². The molecule has 1 aliphatic rings. The first-order valence-corrected chi connectivity index (χ1v) is 6.53. The second-order valence-corrected chi connectivity index (χ2v) is 4.64. The van der Waals surface area contributed by atoms with Gasteiger partial charge in [-0.25, -0.2) is 0 Å². The summed E-state index contributed by atoms with van der Waals surface area (Å²) in [5, 5.41) is 0. The van der Waals surface area contributed by atoms with Gasteiger partial charge in [0.05, 0.1) is 12.3 Å². The van der Waals surface area contributed by atoms with Crippen molar-refractivity contribution in [3.8, 4) is 5.75 Å². The fourth-order valence-corrected chi connectivity index (χ4v) is 2.19. The standard InChI is InChI=1S/C14H22N2O/c1-2-11-17-14-6-4-3-5-13(14)16-9-7-12(15)8-10-16/h3-6,12H,2,7-11,15H2,1H3. The van der Waals surface area contributed by atoms with Crippen molar-refractivity contribution in [2.24, 2.45) is 5.73 Å². The largest absolute Gasteiger partial charge is 0.491 e. The van der Waals surface area contributed by atoms with Crippen LogP contribution in [0.25, 0.3) is 0 Å². The van der Waals surface area contributed by atoms with Crippen molar-refractivity contribution in [3.05, 3.63) is 24.3 Å². The zero-order chi connectivity index (χ0) is 12.1. The van der Waals surface area contributed by atoms with E-state index in [1.54, 1.807) is 0 Å². The molecule has 0 atom stereocenters. The highest BCUT2D eigenvalue weighted by Crippen LogP contribution is 2.30. The molecule has 1 heterocycles. The topological polar surface area (TPSA) is 38.5 Å². The van der Waals surface area contributed by atoms with Gasteiger partial charge in [0, 0.05) is 19.1 Å². The summed E-state index contributed by atoms with van der Waals surface area (Å²) in [7, 11) is 0. The van der Waals surface area contributed by atoms with E-state index in [4.69, 9.17) is 10.5 Å². The highest BCUT2D eigenvalue weighted by Gasteiger charge is 2.18. The summed E-state index contributed by atoms with van der Waals surface area (Å²) in [5.41, 5.74) is 7.15. The van der Waals surface area contributed by atoms with E-state index in [2.05, 4.69) is 30.0 Å². The van der Waals surface area contributed by atoms with Gasteiger partial charge in [0.1, 0.15) is 5.75 Å². The molecule has 94 valence electrons. The molecule has 1 aromatic carbocycles. The van der Waals surface area contributed by atoms with Crippen LogP contribution in [-0.4, -0.2) is 25.7 Å². The van der Waals surface area contributed by atoms with Gasteiger partial charge in [-0.3, -0.25) is 0 Å². The number of nitrogens with two attached hydrogens (primary N) is 1. The zero-order valence-electron chi connectivity index (χ0n) is 10.6. The molecule has 0 aromatic heterocycles. The molecule has 0 unspecified atom stereocenters. The summed E-state index contributed by atoms with van der Waals surface area (Å²) < 4.78 is 5.79. The van der Waals surface area contributed by atoms with Crippen molar-refractivity contribution in [2.45, 2.75) is 32.2 Å². The second-order valence-electron chi connectivity index (χ2n) is 4.64. The van der Waals surface area contributed by atoms with Crippen LogP contribution in [0.5, 0.6) is 5.75 Å². The molecule has 1 aromatic rings. The number of hydrogen-bond donors (Lipinski definition) is 1. The Morgan fingerprint density at radius 3 is 2.71 bits per heavy atom. The lowest BCUT2D eigenvalue weighted by molar-refractivity contribution is 0.317. The lowest BCUT2D eigenvalue weighted by Crippen LogP contribution is -2.39. The first kappa shape index (κ1) is 12.2. The van der Waals surface area contributed by atoms with E-state index in [9.17, 15) is 0 Å². The van der Waals surface area contributed by atoms with E-state index in [1.165, 1.54) is 5.69 Å². The van der Waals surface area contributed by atoms with Crippen LogP contribution >= 0.6 is 0 Å². The van der Waals surface area contributed by atoms with E-state index in [-0.39, 0.29) is 0 Å². The molecule has 1 saturated heterocycles. The van der Waals surface area contributed by atoms with Crippen LogP contribution < -0.4 is 15.4 Å². The minimum absolute atomic E-state index is 0.370. The number of anilines is 1. The van der Waals surface area contributed by atoms with Crippen molar-refractivity contribution < 1.29 is 4.74 Å². The Labute approximate surface area is 104 Å². The predicted octanol–water partition coefficient (Wildman–Crippen LogP) is 2.40. The Morgan fingerprint density at radius 2 is 2.00 bits per heavy atom. The predicted molar refractivity (Wildman–Crippen MR) is 71.7 cm³/mol. The molecule has 0 radical (unpaired) electrons. The maximum Gasteiger partial charge on any atom is 0.142 e. The van der Waals surface area contributed by atoms with Crippen LogP contribution in [0.3, 0.4) is 0 Å². The first-order chi connectivity index (χ1) is 8.31. The van der Waals surface area contributed by atoms with E-state index in [0.717, 1.165) is 44.7 Å². The second kappa shape index (κ2) is 5.92. The maximum absolute atomic E-state index is 5.94. The number of ether oxygens (including phenoxy) is 1. The van der Waals surface area contributed by atoms with Crippen LogP contribution in [-0.2, 0) is 0 Å². The van der Waals surface area contributed by atoms with Gasteiger partial charge in [-0.15, -0.1) is 0 Å². The Bertz CT molecular complexity index is 346. The van der Waals surface area contributed by atoms with E-state index >= 15 is 0 Å². The molecule has 1 fully saturated rings. The van der Waals surface area contributed by atoms with Crippen LogP contribution in [0.2, 0.25) is 0 Å². The fourth-order valence-electron chi connectivity index (χ4n) is 2.19. The number of piperidine rings is 1. The Balaban J connectivity index is 2.08. The number of para-hydroxylation sites is 2. The number of hydrogen-bond acceptors (Lipinski definition) is 3. The van der Waals surface area contributed by atoms with Gasteiger partial charge < -0.3 is 15.4 Å². The minimum Gasteiger partial charge on any atom is -0.491 e. The maximum atomic E-state index is 5.94. The SMILES string of the molecule is CCCOc1ccccc1N1CCC(N)CC1. The highest BCUT2D eigenvalue weighted by molar-refractivity contribution is 5.58. The summed E-state index contributed by atoms with van der Waals surface area (Å²) in [6, 6.07) is 8.67. The highest BCUT2D eigenvalue weighted by atomic mass is 16.5. The van der Waals surface area contributed by atoms with Gasteiger partial charge in [-0.2, -0.15) is 0 Å². The first-order valence-electron chi connectivity index (χ1n) is 6.53. The van der Waals surface area contributed by atoms with Crippen molar-refractivity contribution in [1.29, 1.82) is 0 Å². The molecule has 0 spiro atoms. The van der Waals surface area contributed by atoms with Crippen LogP contribution in [0.1, 0.15) is 26.2 Å². The van der Waals surface area contributed by atoms with Crippen LogP contribution in [0.15, 0.2) is 24.3 Å². The average Bonchev–Trinajstić information content (AvgIpc) is 2.38. The minimum atomic E-state index is 0.370. The molecule has 1 aliphatic heterocycles. The smallest absolute Gasteiger partial charge is 0.142 e. The van der Waals surface area contributed by atoms with Gasteiger partial charge in [-0.05, 0) is 31.4 Å². The van der Waals surface area contributed by atoms with Gasteiger partial charge in [0.15, 0.2) is 0 Å². The molecule has 0 amide bonds. The number of benzene rings is 1. The number of rotatable bonds is 4. The third-order valence-corrected chi connectivity index (χ3v) is 3.21. The molecule has 17 heavy (non-hydrogen) atoms. The molecule has 3 heteroatoms. The molecule has 0 bridgehead atoms.